The summed E-state index contributed by atoms with van der Waals surface area (Å²) in [6.45, 7) is 9.10. The molecule has 2 aliphatic heterocycles. The van der Waals surface area contributed by atoms with Crippen LogP contribution >= 0.6 is 0 Å². The van der Waals surface area contributed by atoms with E-state index in [0.29, 0.717) is 43.7 Å². The normalized spacial score (nSPS) is 23.6. The van der Waals surface area contributed by atoms with Crippen molar-refractivity contribution in [2.45, 2.75) is 52.0 Å². The van der Waals surface area contributed by atoms with Crippen molar-refractivity contribution in [3.05, 3.63) is 46.3 Å². The van der Waals surface area contributed by atoms with Gasteiger partial charge in [-0.15, -0.1) is 0 Å². The average Bonchev–Trinajstić information content (AvgIpc) is 3.43. The van der Waals surface area contributed by atoms with Crippen molar-refractivity contribution in [3.63, 3.8) is 0 Å². The number of nitrogens with zero attached hydrogens (tertiary/aromatic N) is 5. The van der Waals surface area contributed by atoms with E-state index in [2.05, 4.69) is 36.9 Å². The van der Waals surface area contributed by atoms with Gasteiger partial charge < -0.3 is 19.8 Å². The number of rotatable bonds is 5. The van der Waals surface area contributed by atoms with Gasteiger partial charge in [0.15, 0.2) is 5.69 Å². The molecule has 3 fully saturated rings. The molecular weight excluding hydrogens is 454 g/mol. The molecule has 0 radical (unpaired) electrons. The van der Waals surface area contributed by atoms with Crippen molar-refractivity contribution in [1.82, 2.24) is 19.6 Å². The highest BCUT2D eigenvalue weighted by molar-refractivity contribution is 5.95. The van der Waals surface area contributed by atoms with Gasteiger partial charge in [-0.2, -0.15) is 5.10 Å². The SMILES string of the molecule is Cc1cccc(N2CCN(C(=O)Cn3nc(C(=O)N4CCC(CO)CC4)c4c3C[C@H]3C[C@@H]43)CC2)c1C. The lowest BCUT2D eigenvalue weighted by atomic mass is 9.97. The number of hydrogen-bond acceptors (Lipinski definition) is 5. The molecule has 8 heteroatoms. The van der Waals surface area contributed by atoms with E-state index in [1.807, 2.05) is 14.5 Å². The molecule has 2 amide bonds. The fraction of sp³-hybridized carbons (Fsp3) is 0.607. The van der Waals surface area contributed by atoms with Crippen molar-refractivity contribution in [1.29, 1.82) is 0 Å². The molecule has 3 heterocycles. The van der Waals surface area contributed by atoms with E-state index in [-0.39, 0.29) is 30.9 Å². The third kappa shape index (κ3) is 4.09. The first-order chi connectivity index (χ1) is 17.4. The number of carbonyl (C=O) groups excluding carboxylic acids is 2. The standard InChI is InChI=1S/C28H37N5O3/c1-18-4-3-5-23(19(18)2)30-10-12-31(13-11-30)25(35)16-33-24-15-21-14-22(21)26(24)27(29-33)28(36)32-8-6-20(17-34)7-9-32/h3-5,20-22,34H,6-17H2,1-2H3/t21-,22-/m1/s1. The maximum absolute atomic E-state index is 13.4. The Hall–Kier alpha value is -2.87. The van der Waals surface area contributed by atoms with E-state index in [0.717, 1.165) is 50.0 Å². The van der Waals surface area contributed by atoms with E-state index in [4.69, 9.17) is 5.10 Å². The quantitative estimate of drug-likeness (QED) is 0.695. The number of anilines is 1. The third-order valence-corrected chi connectivity index (χ3v) is 9.04. The third-order valence-electron chi connectivity index (χ3n) is 9.04. The molecule has 8 nitrogen and oxygen atoms in total. The van der Waals surface area contributed by atoms with Crippen LogP contribution < -0.4 is 4.90 Å². The summed E-state index contributed by atoms with van der Waals surface area (Å²) in [6, 6.07) is 6.41. The van der Waals surface area contributed by atoms with Crippen LogP contribution in [0.4, 0.5) is 5.69 Å². The zero-order chi connectivity index (χ0) is 25.0. The Bertz CT molecular complexity index is 1170. The first-order valence-electron chi connectivity index (χ1n) is 13.5. The number of aliphatic hydroxyl groups excluding tert-OH is 1. The molecule has 36 heavy (non-hydrogen) atoms. The predicted octanol–water partition coefficient (Wildman–Crippen LogP) is 2.35. The summed E-state index contributed by atoms with van der Waals surface area (Å²) in [4.78, 5) is 33.0. The summed E-state index contributed by atoms with van der Waals surface area (Å²) in [5.41, 5.74) is 6.65. The Balaban J connectivity index is 1.13. The van der Waals surface area contributed by atoms with Gasteiger partial charge >= 0.3 is 0 Å². The van der Waals surface area contributed by atoms with Gasteiger partial charge in [-0.3, -0.25) is 14.3 Å². The molecule has 0 bridgehead atoms. The van der Waals surface area contributed by atoms with Crippen molar-refractivity contribution in [2.75, 3.05) is 50.8 Å². The van der Waals surface area contributed by atoms with Gasteiger partial charge in [0.2, 0.25) is 5.91 Å². The van der Waals surface area contributed by atoms with Crippen molar-refractivity contribution in [3.8, 4) is 0 Å². The Kier molecular flexibility index (Phi) is 6.02. The van der Waals surface area contributed by atoms with Gasteiger partial charge in [0.25, 0.3) is 5.91 Å². The highest BCUT2D eigenvalue weighted by atomic mass is 16.3. The van der Waals surface area contributed by atoms with Gasteiger partial charge in [0.1, 0.15) is 6.54 Å². The lowest BCUT2D eigenvalue weighted by Gasteiger charge is -2.37. The fourth-order valence-corrected chi connectivity index (χ4v) is 6.45. The Labute approximate surface area is 212 Å². The molecule has 1 aromatic carbocycles. The number of amides is 2. The number of aromatic nitrogens is 2. The van der Waals surface area contributed by atoms with Gasteiger partial charge in [-0.05, 0) is 74.5 Å². The Morgan fingerprint density at radius 3 is 2.50 bits per heavy atom. The molecule has 4 aliphatic rings. The van der Waals surface area contributed by atoms with E-state index < -0.39 is 0 Å². The van der Waals surface area contributed by atoms with Crippen LogP contribution in [0.15, 0.2) is 18.2 Å². The van der Waals surface area contributed by atoms with Crippen molar-refractivity contribution < 1.29 is 14.7 Å². The summed E-state index contributed by atoms with van der Waals surface area (Å²) in [5.74, 6) is 1.44. The number of hydrogen-bond donors (Lipinski definition) is 1. The number of aliphatic hydroxyl groups is 1. The number of piperazine rings is 1. The predicted molar refractivity (Wildman–Crippen MR) is 137 cm³/mol. The first kappa shape index (κ1) is 23.5. The number of carbonyl (C=O) groups is 2. The topological polar surface area (TPSA) is 81.9 Å². The van der Waals surface area contributed by atoms with E-state index in [1.165, 1.54) is 16.8 Å². The Morgan fingerprint density at radius 2 is 1.78 bits per heavy atom. The second kappa shape index (κ2) is 9.21. The van der Waals surface area contributed by atoms with Crippen LogP contribution in [0.25, 0.3) is 0 Å². The minimum atomic E-state index is 0.00327. The van der Waals surface area contributed by atoms with Crippen LogP contribution in [0.5, 0.6) is 0 Å². The molecule has 2 aromatic rings. The summed E-state index contributed by atoms with van der Waals surface area (Å²) in [5, 5.41) is 14.2. The molecule has 6 rings (SSSR count). The number of piperidine rings is 1. The van der Waals surface area contributed by atoms with Crippen LogP contribution in [0.2, 0.25) is 0 Å². The van der Waals surface area contributed by atoms with Gasteiger partial charge in [0.05, 0.1) is 0 Å². The molecule has 2 atom stereocenters. The molecule has 2 aliphatic carbocycles. The largest absolute Gasteiger partial charge is 0.396 e. The van der Waals surface area contributed by atoms with E-state index in [9.17, 15) is 14.7 Å². The van der Waals surface area contributed by atoms with Crippen LogP contribution in [0, 0.1) is 25.7 Å². The van der Waals surface area contributed by atoms with Gasteiger partial charge in [0, 0.05) is 62.8 Å². The molecule has 0 unspecified atom stereocenters. The van der Waals surface area contributed by atoms with Gasteiger partial charge in [-0.1, -0.05) is 12.1 Å². The first-order valence-corrected chi connectivity index (χ1v) is 13.5. The monoisotopic (exact) mass is 491 g/mol. The van der Waals surface area contributed by atoms with Crippen LogP contribution in [-0.2, 0) is 17.8 Å². The average molecular weight is 492 g/mol. The summed E-state index contributed by atoms with van der Waals surface area (Å²) >= 11 is 0. The number of benzene rings is 1. The van der Waals surface area contributed by atoms with Crippen LogP contribution in [-0.4, -0.2) is 82.4 Å². The van der Waals surface area contributed by atoms with Crippen LogP contribution in [0.3, 0.4) is 0 Å². The molecule has 1 N–H and O–H groups in total. The number of aryl methyl sites for hydroxylation is 1. The zero-order valence-electron chi connectivity index (χ0n) is 21.4. The maximum atomic E-state index is 13.4. The number of fused-ring (bicyclic) bond motifs is 3. The molecule has 2 saturated heterocycles. The van der Waals surface area contributed by atoms with Crippen LogP contribution in [0.1, 0.15) is 58.1 Å². The molecular formula is C28H37N5O3. The van der Waals surface area contributed by atoms with E-state index >= 15 is 0 Å². The minimum Gasteiger partial charge on any atom is -0.396 e. The van der Waals surface area contributed by atoms with Gasteiger partial charge in [-0.25, -0.2) is 0 Å². The molecule has 1 saturated carbocycles. The maximum Gasteiger partial charge on any atom is 0.274 e. The summed E-state index contributed by atoms with van der Waals surface area (Å²) in [7, 11) is 0. The summed E-state index contributed by atoms with van der Waals surface area (Å²) in [6.07, 6.45) is 3.74. The highest BCUT2D eigenvalue weighted by Crippen LogP contribution is 2.57. The fourth-order valence-electron chi connectivity index (χ4n) is 6.45. The second-order valence-corrected chi connectivity index (χ2v) is 11.2. The zero-order valence-corrected chi connectivity index (χ0v) is 21.4. The summed E-state index contributed by atoms with van der Waals surface area (Å²) < 4.78 is 1.84. The van der Waals surface area contributed by atoms with Crippen molar-refractivity contribution >= 4 is 17.5 Å². The number of likely N-dealkylation sites (tertiary alicyclic amines) is 1. The molecule has 1 aromatic heterocycles. The molecule has 0 spiro atoms. The lowest BCUT2D eigenvalue weighted by Crippen LogP contribution is -2.50. The smallest absolute Gasteiger partial charge is 0.274 e. The van der Waals surface area contributed by atoms with E-state index in [1.54, 1.807) is 0 Å². The highest BCUT2D eigenvalue weighted by Gasteiger charge is 2.50. The van der Waals surface area contributed by atoms with Crippen molar-refractivity contribution in [2.24, 2.45) is 11.8 Å². The Morgan fingerprint density at radius 1 is 1.03 bits per heavy atom. The molecule has 192 valence electrons. The lowest BCUT2D eigenvalue weighted by molar-refractivity contribution is -0.132. The second-order valence-electron chi connectivity index (χ2n) is 11.2. The minimum absolute atomic E-state index is 0.00327.